The molecule has 0 fully saturated rings. The van der Waals surface area contributed by atoms with Gasteiger partial charge in [0.2, 0.25) is 0 Å². The van der Waals surface area contributed by atoms with Crippen molar-refractivity contribution in [2.24, 2.45) is 5.92 Å². The van der Waals surface area contributed by atoms with Crippen LogP contribution in [0, 0.1) is 5.92 Å². The van der Waals surface area contributed by atoms with E-state index < -0.39 is 6.16 Å². The van der Waals surface area contributed by atoms with E-state index in [1.54, 1.807) is 0 Å². The number of ether oxygens (including phenoxy) is 2. The molecule has 0 heterocycles. The van der Waals surface area contributed by atoms with E-state index in [0.717, 1.165) is 6.26 Å². The van der Waals surface area contributed by atoms with Crippen LogP contribution in [0.3, 0.4) is 0 Å². The molecule has 0 aromatic heterocycles. The van der Waals surface area contributed by atoms with Crippen LogP contribution in [0.1, 0.15) is 13.8 Å². The summed E-state index contributed by atoms with van der Waals surface area (Å²) in [4.78, 5) is 10.4. The molecule has 0 rings (SSSR count). The molecule has 0 aromatic rings. The Bertz CT molecular complexity index is 118. The largest absolute Gasteiger partial charge is 0.513 e. The fraction of sp³-hybridized carbons (Fsp3) is 0.571. The molecule has 3 nitrogen and oxygen atoms in total. The van der Waals surface area contributed by atoms with Gasteiger partial charge in [-0.05, 0) is 5.92 Å². The van der Waals surface area contributed by atoms with Crippen molar-refractivity contribution in [2.45, 2.75) is 13.8 Å². The van der Waals surface area contributed by atoms with Crippen LogP contribution in [0.5, 0.6) is 0 Å². The third kappa shape index (κ3) is 5.15. The predicted molar refractivity (Wildman–Crippen MR) is 37.5 cm³/mol. The molecule has 0 spiro atoms. The number of carbonyl (C=O) groups is 1. The van der Waals surface area contributed by atoms with Crippen molar-refractivity contribution in [3.05, 3.63) is 12.8 Å². The summed E-state index contributed by atoms with van der Waals surface area (Å²) in [5, 5.41) is 0. The van der Waals surface area contributed by atoms with Crippen molar-refractivity contribution in [1.82, 2.24) is 0 Å². The molecule has 0 unspecified atom stereocenters. The van der Waals surface area contributed by atoms with Gasteiger partial charge >= 0.3 is 6.16 Å². The molecule has 58 valence electrons. The van der Waals surface area contributed by atoms with Gasteiger partial charge < -0.3 is 9.47 Å². The summed E-state index contributed by atoms with van der Waals surface area (Å²) in [6, 6.07) is 0. The summed E-state index contributed by atoms with van der Waals surface area (Å²) in [7, 11) is 0. The molecular formula is C7H12O3. The summed E-state index contributed by atoms with van der Waals surface area (Å²) in [5.74, 6) is 0.331. The van der Waals surface area contributed by atoms with E-state index in [-0.39, 0.29) is 0 Å². The summed E-state index contributed by atoms with van der Waals surface area (Å²) < 4.78 is 8.91. The lowest BCUT2D eigenvalue weighted by Gasteiger charge is -2.04. The summed E-state index contributed by atoms with van der Waals surface area (Å²) in [6.45, 7) is 7.48. The highest BCUT2D eigenvalue weighted by atomic mass is 16.7. The maximum atomic E-state index is 10.4. The van der Waals surface area contributed by atoms with Crippen molar-refractivity contribution >= 4 is 6.16 Å². The van der Waals surface area contributed by atoms with Gasteiger partial charge in [-0.25, -0.2) is 4.79 Å². The van der Waals surface area contributed by atoms with E-state index in [2.05, 4.69) is 16.1 Å². The van der Waals surface area contributed by atoms with Gasteiger partial charge in [0.1, 0.15) is 0 Å². The van der Waals surface area contributed by atoms with Crippen LogP contribution in [0.4, 0.5) is 4.79 Å². The van der Waals surface area contributed by atoms with Crippen molar-refractivity contribution < 1.29 is 14.3 Å². The van der Waals surface area contributed by atoms with E-state index in [1.165, 1.54) is 0 Å². The van der Waals surface area contributed by atoms with E-state index in [1.807, 2.05) is 13.8 Å². The Kier molecular flexibility index (Phi) is 4.37. The summed E-state index contributed by atoms with van der Waals surface area (Å²) in [5.41, 5.74) is 0. The first-order chi connectivity index (χ1) is 4.66. The first-order valence-corrected chi connectivity index (χ1v) is 3.11. The van der Waals surface area contributed by atoms with Gasteiger partial charge in [-0.3, -0.25) is 0 Å². The summed E-state index contributed by atoms with van der Waals surface area (Å²) in [6.07, 6.45) is 0.353. The molecule has 10 heavy (non-hydrogen) atoms. The molecule has 0 radical (unpaired) electrons. The van der Waals surface area contributed by atoms with Gasteiger partial charge in [-0.1, -0.05) is 20.4 Å². The minimum atomic E-state index is -0.691. The molecule has 0 saturated heterocycles. The Balaban J connectivity index is 3.30. The number of hydrogen-bond acceptors (Lipinski definition) is 3. The first kappa shape index (κ1) is 9.01. The normalized spacial score (nSPS) is 9.10. The van der Waals surface area contributed by atoms with Crippen molar-refractivity contribution in [2.75, 3.05) is 6.61 Å². The van der Waals surface area contributed by atoms with Crippen LogP contribution in [0.15, 0.2) is 12.8 Å². The van der Waals surface area contributed by atoms with Gasteiger partial charge in [0, 0.05) is 0 Å². The standard InChI is InChI=1S/C7H12O3/c1-4-9-7(8)10-5-6(2)3/h4,6H,1,5H2,2-3H3. The van der Waals surface area contributed by atoms with E-state index in [0.29, 0.717) is 12.5 Å². The van der Waals surface area contributed by atoms with Gasteiger partial charge in [-0.15, -0.1) is 0 Å². The zero-order valence-electron chi connectivity index (χ0n) is 6.29. The minimum absolute atomic E-state index is 0.331. The lowest BCUT2D eigenvalue weighted by atomic mass is 10.2. The molecular weight excluding hydrogens is 132 g/mol. The van der Waals surface area contributed by atoms with Crippen LogP contribution in [0.2, 0.25) is 0 Å². The summed E-state index contributed by atoms with van der Waals surface area (Å²) >= 11 is 0. The van der Waals surface area contributed by atoms with Crippen LogP contribution in [-0.4, -0.2) is 12.8 Å². The van der Waals surface area contributed by atoms with Crippen LogP contribution in [0.25, 0.3) is 0 Å². The third-order valence-corrected chi connectivity index (χ3v) is 0.714. The maximum absolute atomic E-state index is 10.4. The zero-order chi connectivity index (χ0) is 7.98. The lowest BCUT2D eigenvalue weighted by Crippen LogP contribution is -2.08. The van der Waals surface area contributed by atoms with E-state index >= 15 is 0 Å². The minimum Gasteiger partial charge on any atom is -0.434 e. The monoisotopic (exact) mass is 144 g/mol. The molecule has 3 heteroatoms. The molecule has 0 N–H and O–H groups in total. The fourth-order valence-corrected chi connectivity index (χ4v) is 0.337. The van der Waals surface area contributed by atoms with Crippen molar-refractivity contribution in [1.29, 1.82) is 0 Å². The molecule has 0 saturated carbocycles. The molecule has 0 aliphatic heterocycles. The molecule has 0 amide bonds. The zero-order valence-corrected chi connectivity index (χ0v) is 6.29. The topological polar surface area (TPSA) is 35.5 Å². The Morgan fingerprint density at radius 3 is 2.70 bits per heavy atom. The van der Waals surface area contributed by atoms with Crippen LogP contribution >= 0.6 is 0 Å². The highest BCUT2D eigenvalue weighted by molar-refractivity contribution is 5.60. The van der Waals surface area contributed by atoms with Crippen molar-refractivity contribution in [3.63, 3.8) is 0 Å². The molecule has 0 atom stereocenters. The lowest BCUT2D eigenvalue weighted by molar-refractivity contribution is 0.0753. The Morgan fingerprint density at radius 2 is 2.30 bits per heavy atom. The number of rotatable bonds is 3. The number of carbonyl (C=O) groups excluding carboxylic acids is 1. The predicted octanol–water partition coefficient (Wildman–Crippen LogP) is 1.94. The molecule has 0 aliphatic rings. The second kappa shape index (κ2) is 4.85. The van der Waals surface area contributed by atoms with Crippen LogP contribution in [-0.2, 0) is 9.47 Å². The maximum Gasteiger partial charge on any atom is 0.513 e. The van der Waals surface area contributed by atoms with E-state index in [9.17, 15) is 4.79 Å². The average molecular weight is 144 g/mol. The Morgan fingerprint density at radius 1 is 1.70 bits per heavy atom. The second-order valence-corrected chi connectivity index (χ2v) is 2.24. The van der Waals surface area contributed by atoms with E-state index in [4.69, 9.17) is 0 Å². The second-order valence-electron chi connectivity index (χ2n) is 2.24. The Labute approximate surface area is 60.6 Å². The molecule has 0 aliphatic carbocycles. The van der Waals surface area contributed by atoms with Crippen LogP contribution < -0.4 is 0 Å². The van der Waals surface area contributed by atoms with Gasteiger partial charge in [0.05, 0.1) is 12.9 Å². The average Bonchev–Trinajstić information content (AvgIpc) is 1.85. The SMILES string of the molecule is C=COC(=O)OCC(C)C. The molecule has 0 aromatic carbocycles. The van der Waals surface area contributed by atoms with Gasteiger partial charge in [0.25, 0.3) is 0 Å². The first-order valence-electron chi connectivity index (χ1n) is 3.11. The number of hydrogen-bond donors (Lipinski definition) is 0. The molecule has 0 bridgehead atoms. The van der Waals surface area contributed by atoms with Gasteiger partial charge in [0.15, 0.2) is 0 Å². The smallest absolute Gasteiger partial charge is 0.434 e. The third-order valence-electron chi connectivity index (χ3n) is 0.714. The fourth-order valence-electron chi connectivity index (χ4n) is 0.337. The Hall–Kier alpha value is -0.990. The highest BCUT2D eigenvalue weighted by Gasteiger charge is 2.01. The van der Waals surface area contributed by atoms with Gasteiger partial charge in [-0.2, -0.15) is 0 Å². The highest BCUT2D eigenvalue weighted by Crippen LogP contribution is 1.94. The quantitative estimate of drug-likeness (QED) is 0.448. The van der Waals surface area contributed by atoms with Crippen molar-refractivity contribution in [3.8, 4) is 0 Å².